The van der Waals surface area contributed by atoms with E-state index in [9.17, 15) is 4.79 Å². The average Bonchev–Trinajstić information content (AvgIpc) is 3.23. The van der Waals surface area contributed by atoms with Gasteiger partial charge in [-0.1, -0.05) is 6.92 Å². The third-order valence-electron chi connectivity index (χ3n) is 6.94. The SMILES string of the molecule is CCOC1CN=CC(C2CC(C)C3C(=O)N(C4C=NN(CC#N)C4)C(C)(C)C3=N2)C1. The molecule has 0 aromatic carbocycles. The van der Waals surface area contributed by atoms with Crippen LogP contribution in [0.5, 0.6) is 0 Å². The van der Waals surface area contributed by atoms with Crippen LogP contribution in [-0.4, -0.2) is 83.9 Å². The van der Waals surface area contributed by atoms with Gasteiger partial charge < -0.3 is 9.64 Å². The molecule has 0 aromatic rings. The Hall–Kier alpha value is -2.27. The van der Waals surface area contributed by atoms with Crippen molar-refractivity contribution in [3.05, 3.63) is 0 Å². The Balaban J connectivity index is 1.58. The van der Waals surface area contributed by atoms with E-state index in [4.69, 9.17) is 15.0 Å². The Kier molecular flexibility index (Phi) is 5.67. The molecule has 162 valence electrons. The molecule has 0 saturated carbocycles. The van der Waals surface area contributed by atoms with E-state index in [1.165, 1.54) is 0 Å². The number of fused-ring (bicyclic) bond motifs is 1. The van der Waals surface area contributed by atoms with Crippen LogP contribution in [0.4, 0.5) is 0 Å². The molecule has 30 heavy (non-hydrogen) atoms. The Labute approximate surface area is 178 Å². The maximum atomic E-state index is 13.5. The van der Waals surface area contributed by atoms with Gasteiger partial charge in [-0.25, -0.2) is 0 Å². The van der Waals surface area contributed by atoms with Crippen molar-refractivity contribution in [3.63, 3.8) is 0 Å². The lowest BCUT2D eigenvalue weighted by Crippen LogP contribution is -2.52. The summed E-state index contributed by atoms with van der Waals surface area (Å²) in [5.41, 5.74) is 0.523. The molecule has 0 bridgehead atoms. The molecule has 4 rings (SSSR count). The van der Waals surface area contributed by atoms with Crippen LogP contribution in [0.3, 0.4) is 0 Å². The number of aliphatic imine (C=N–C) groups is 2. The fourth-order valence-corrected chi connectivity index (χ4v) is 5.58. The molecule has 0 aliphatic carbocycles. The number of carbonyl (C=O) groups is 1. The highest BCUT2D eigenvalue weighted by molar-refractivity contribution is 6.16. The molecular weight excluding hydrogens is 380 g/mol. The molecule has 6 atom stereocenters. The predicted octanol–water partition coefficient (Wildman–Crippen LogP) is 1.76. The van der Waals surface area contributed by atoms with E-state index >= 15 is 0 Å². The van der Waals surface area contributed by atoms with Crippen molar-refractivity contribution in [2.24, 2.45) is 32.8 Å². The average molecular weight is 413 g/mol. The topological polar surface area (TPSA) is 93.6 Å². The van der Waals surface area contributed by atoms with E-state index in [0.29, 0.717) is 13.2 Å². The summed E-state index contributed by atoms with van der Waals surface area (Å²) >= 11 is 0. The second kappa shape index (κ2) is 8.10. The maximum absolute atomic E-state index is 13.5. The first-order chi connectivity index (χ1) is 14.4. The number of hydrogen-bond acceptors (Lipinski definition) is 7. The van der Waals surface area contributed by atoms with Crippen LogP contribution in [0.1, 0.15) is 40.5 Å². The van der Waals surface area contributed by atoms with Gasteiger partial charge >= 0.3 is 0 Å². The van der Waals surface area contributed by atoms with Gasteiger partial charge in [0.05, 0.1) is 54.5 Å². The number of nitrogens with zero attached hydrogens (tertiary/aromatic N) is 6. The molecule has 1 saturated heterocycles. The summed E-state index contributed by atoms with van der Waals surface area (Å²) in [5, 5.41) is 15.0. The lowest BCUT2D eigenvalue weighted by molar-refractivity contribution is -0.135. The second-order valence-corrected chi connectivity index (χ2v) is 9.37. The summed E-state index contributed by atoms with van der Waals surface area (Å²) in [4.78, 5) is 25.2. The molecule has 1 amide bonds. The van der Waals surface area contributed by atoms with Gasteiger partial charge in [-0.2, -0.15) is 10.4 Å². The molecule has 0 aromatic heterocycles. The van der Waals surface area contributed by atoms with Crippen molar-refractivity contribution in [1.29, 1.82) is 5.26 Å². The third kappa shape index (κ3) is 3.53. The number of rotatable bonds is 5. The van der Waals surface area contributed by atoms with Crippen molar-refractivity contribution in [1.82, 2.24) is 9.91 Å². The zero-order valence-electron chi connectivity index (χ0n) is 18.4. The summed E-state index contributed by atoms with van der Waals surface area (Å²) in [5.74, 6) is 0.460. The molecular formula is C22H32N6O2. The van der Waals surface area contributed by atoms with Crippen LogP contribution >= 0.6 is 0 Å². The molecule has 4 heterocycles. The van der Waals surface area contributed by atoms with Crippen molar-refractivity contribution < 1.29 is 9.53 Å². The minimum absolute atomic E-state index is 0.127. The minimum atomic E-state index is -0.473. The molecule has 8 heteroatoms. The highest BCUT2D eigenvalue weighted by Crippen LogP contribution is 2.43. The van der Waals surface area contributed by atoms with Crippen molar-refractivity contribution in [2.75, 3.05) is 26.2 Å². The monoisotopic (exact) mass is 412 g/mol. The molecule has 4 aliphatic heterocycles. The number of hydrazone groups is 1. The molecule has 6 unspecified atom stereocenters. The Bertz CT molecular complexity index is 813. The summed E-state index contributed by atoms with van der Waals surface area (Å²) < 4.78 is 5.82. The molecule has 1 fully saturated rings. The van der Waals surface area contributed by atoms with Gasteiger partial charge in [0.1, 0.15) is 6.54 Å². The van der Waals surface area contributed by atoms with Gasteiger partial charge in [0.2, 0.25) is 5.91 Å². The van der Waals surface area contributed by atoms with Crippen LogP contribution in [0.2, 0.25) is 0 Å². The van der Waals surface area contributed by atoms with E-state index in [-0.39, 0.29) is 48.4 Å². The zero-order valence-corrected chi connectivity index (χ0v) is 18.4. The maximum Gasteiger partial charge on any atom is 0.233 e. The number of hydrogen-bond donors (Lipinski definition) is 0. The highest BCUT2D eigenvalue weighted by atomic mass is 16.5. The van der Waals surface area contributed by atoms with Gasteiger partial charge in [-0.05, 0) is 39.5 Å². The van der Waals surface area contributed by atoms with Crippen molar-refractivity contribution in [3.8, 4) is 6.07 Å². The lowest BCUT2D eigenvalue weighted by Gasteiger charge is -2.38. The zero-order chi connectivity index (χ0) is 21.5. The predicted molar refractivity (Wildman–Crippen MR) is 116 cm³/mol. The van der Waals surface area contributed by atoms with E-state index in [1.54, 1.807) is 11.2 Å². The molecule has 4 aliphatic rings. The summed E-state index contributed by atoms with van der Waals surface area (Å²) in [6.45, 7) is 10.6. The Morgan fingerprint density at radius 2 is 2.13 bits per heavy atom. The summed E-state index contributed by atoms with van der Waals surface area (Å²) in [7, 11) is 0. The van der Waals surface area contributed by atoms with Crippen LogP contribution in [-0.2, 0) is 9.53 Å². The first kappa shape index (κ1) is 21.0. The van der Waals surface area contributed by atoms with Crippen LogP contribution < -0.4 is 0 Å². The van der Waals surface area contributed by atoms with E-state index < -0.39 is 5.54 Å². The number of amides is 1. The lowest BCUT2D eigenvalue weighted by atomic mass is 9.75. The van der Waals surface area contributed by atoms with Gasteiger partial charge in [0.15, 0.2) is 0 Å². The minimum Gasteiger partial charge on any atom is -0.377 e. The van der Waals surface area contributed by atoms with Gasteiger partial charge in [0, 0.05) is 25.0 Å². The second-order valence-electron chi connectivity index (χ2n) is 9.37. The normalized spacial score (nSPS) is 37.3. The van der Waals surface area contributed by atoms with Gasteiger partial charge in [-0.15, -0.1) is 0 Å². The molecule has 0 N–H and O–H groups in total. The van der Waals surface area contributed by atoms with Gasteiger partial charge in [-0.3, -0.25) is 19.8 Å². The van der Waals surface area contributed by atoms with Crippen LogP contribution in [0, 0.1) is 29.1 Å². The number of nitriles is 1. The van der Waals surface area contributed by atoms with Crippen LogP contribution in [0.25, 0.3) is 0 Å². The molecule has 0 spiro atoms. The quantitative estimate of drug-likeness (QED) is 0.643. The van der Waals surface area contributed by atoms with E-state index in [2.05, 4.69) is 43.1 Å². The Morgan fingerprint density at radius 3 is 2.87 bits per heavy atom. The molecule has 0 radical (unpaired) electrons. The highest BCUT2D eigenvalue weighted by Gasteiger charge is 2.57. The summed E-state index contributed by atoms with van der Waals surface area (Å²) in [6, 6.07) is 2.14. The van der Waals surface area contributed by atoms with Gasteiger partial charge in [0.25, 0.3) is 0 Å². The number of likely N-dealkylation sites (tertiary alicyclic amines) is 1. The van der Waals surface area contributed by atoms with E-state index in [0.717, 1.165) is 25.1 Å². The summed E-state index contributed by atoms with van der Waals surface area (Å²) in [6.07, 6.45) is 5.85. The fraction of sp³-hybridized carbons (Fsp3) is 0.773. The number of ether oxygens (including phenoxy) is 1. The fourth-order valence-electron chi connectivity index (χ4n) is 5.58. The first-order valence-electron chi connectivity index (χ1n) is 11.1. The third-order valence-corrected chi connectivity index (χ3v) is 6.94. The van der Waals surface area contributed by atoms with Crippen LogP contribution in [0.15, 0.2) is 15.1 Å². The number of carbonyl (C=O) groups excluding carboxylic acids is 1. The molecule has 8 nitrogen and oxygen atoms in total. The Morgan fingerprint density at radius 1 is 1.33 bits per heavy atom. The first-order valence-corrected chi connectivity index (χ1v) is 11.1. The smallest absolute Gasteiger partial charge is 0.233 e. The largest absolute Gasteiger partial charge is 0.377 e. The standard InChI is InChI=1S/C22H32N6O2/c1-5-30-17-9-15(10-24-12-17)18-8-14(2)19-20(26-18)22(3,4)28(21(19)29)16-11-25-27(13-16)7-6-23/h10-11,14-19H,5,7-9,12-13H2,1-4H3. The van der Waals surface area contributed by atoms with E-state index in [1.807, 2.05) is 11.8 Å². The van der Waals surface area contributed by atoms with Crippen molar-refractivity contribution in [2.45, 2.75) is 64.3 Å². The van der Waals surface area contributed by atoms with Crippen molar-refractivity contribution >= 4 is 24.0 Å².